The van der Waals surface area contributed by atoms with Crippen LogP contribution in [0.1, 0.15) is 5.56 Å². The van der Waals surface area contributed by atoms with Gasteiger partial charge in [-0.1, -0.05) is 42.5 Å². The molecule has 0 saturated heterocycles. The molecule has 0 saturated carbocycles. The fraction of sp³-hybridized carbons (Fsp3) is 0.320. The summed E-state index contributed by atoms with van der Waals surface area (Å²) >= 11 is 0. The van der Waals surface area contributed by atoms with Gasteiger partial charge >= 0.3 is 11.7 Å². The van der Waals surface area contributed by atoms with E-state index in [9.17, 15) is 19.2 Å². The molecule has 190 valence electrons. The molecule has 0 bridgehead atoms. The Morgan fingerprint density at radius 2 is 1.78 bits per heavy atom. The van der Waals surface area contributed by atoms with Crippen LogP contribution in [-0.2, 0) is 38.7 Å². The van der Waals surface area contributed by atoms with E-state index in [0.717, 1.165) is 10.1 Å². The van der Waals surface area contributed by atoms with Gasteiger partial charge in [0, 0.05) is 26.7 Å². The van der Waals surface area contributed by atoms with Crippen LogP contribution in [0.5, 0.6) is 0 Å². The van der Waals surface area contributed by atoms with Crippen molar-refractivity contribution in [3.05, 3.63) is 88.4 Å². The van der Waals surface area contributed by atoms with Crippen molar-refractivity contribution in [2.45, 2.75) is 19.6 Å². The minimum absolute atomic E-state index is 0.142. The second-order valence-electron chi connectivity index (χ2n) is 7.89. The minimum Gasteiger partial charge on any atom is -0.454 e. The molecule has 0 aliphatic heterocycles. The number of benzene rings is 1. The largest absolute Gasteiger partial charge is 0.454 e. The van der Waals surface area contributed by atoms with Crippen LogP contribution in [0, 0.1) is 0 Å². The summed E-state index contributed by atoms with van der Waals surface area (Å²) in [5, 5.41) is 0. The lowest BCUT2D eigenvalue weighted by molar-refractivity contribution is -0.152. The van der Waals surface area contributed by atoms with Gasteiger partial charge in [-0.15, -0.1) is 13.2 Å². The standard InChI is InChI=1S/C25H29N5O6/c1-4-11-27(12-5-2)20(31)17-36-21(32)16-30-24(33)22-23(26-18-28(22)13-14-35-3)29(25(30)34)15-19-9-7-6-8-10-19/h4-10,18H,1-2,11-17H2,3H3. The van der Waals surface area contributed by atoms with E-state index in [1.807, 2.05) is 30.3 Å². The molecule has 0 unspecified atom stereocenters. The predicted molar refractivity (Wildman–Crippen MR) is 134 cm³/mol. The number of methoxy groups -OCH3 is 1. The summed E-state index contributed by atoms with van der Waals surface area (Å²) in [7, 11) is 1.53. The zero-order valence-electron chi connectivity index (χ0n) is 20.2. The van der Waals surface area contributed by atoms with Gasteiger partial charge in [-0.25, -0.2) is 14.3 Å². The highest BCUT2D eigenvalue weighted by atomic mass is 16.5. The van der Waals surface area contributed by atoms with E-state index < -0.39 is 36.3 Å². The molecule has 2 aromatic heterocycles. The Kier molecular flexibility index (Phi) is 9.12. The molecule has 0 aliphatic carbocycles. The van der Waals surface area contributed by atoms with E-state index in [1.165, 1.54) is 22.9 Å². The molecule has 0 aliphatic rings. The highest BCUT2D eigenvalue weighted by molar-refractivity contribution is 5.81. The van der Waals surface area contributed by atoms with E-state index in [4.69, 9.17) is 9.47 Å². The third kappa shape index (κ3) is 6.05. The van der Waals surface area contributed by atoms with Crippen molar-refractivity contribution in [1.82, 2.24) is 23.6 Å². The number of esters is 1. The first-order valence-corrected chi connectivity index (χ1v) is 11.3. The quantitative estimate of drug-likeness (QED) is 0.254. The fourth-order valence-electron chi connectivity index (χ4n) is 3.64. The highest BCUT2D eigenvalue weighted by Crippen LogP contribution is 2.10. The molecule has 2 heterocycles. The van der Waals surface area contributed by atoms with E-state index in [-0.39, 0.29) is 30.8 Å². The SMILES string of the molecule is C=CCN(CC=C)C(=O)COC(=O)Cn1c(=O)c2c(ncn2CCOC)n(Cc2ccccc2)c1=O. The Morgan fingerprint density at radius 1 is 1.08 bits per heavy atom. The van der Waals surface area contributed by atoms with Crippen molar-refractivity contribution < 1.29 is 19.1 Å². The van der Waals surface area contributed by atoms with Gasteiger partial charge in [0.05, 0.1) is 19.5 Å². The van der Waals surface area contributed by atoms with Gasteiger partial charge in [0.1, 0.15) is 6.54 Å². The van der Waals surface area contributed by atoms with E-state index in [1.54, 1.807) is 16.7 Å². The van der Waals surface area contributed by atoms with Crippen molar-refractivity contribution >= 4 is 23.0 Å². The van der Waals surface area contributed by atoms with Crippen LogP contribution in [0.4, 0.5) is 0 Å². The van der Waals surface area contributed by atoms with Crippen LogP contribution in [0.2, 0.25) is 0 Å². The topological polar surface area (TPSA) is 118 Å². The Bertz CT molecular complexity index is 1350. The monoisotopic (exact) mass is 495 g/mol. The molecule has 0 radical (unpaired) electrons. The lowest BCUT2D eigenvalue weighted by Crippen LogP contribution is -2.43. The lowest BCUT2D eigenvalue weighted by Gasteiger charge is -2.19. The number of fused-ring (bicyclic) bond motifs is 1. The molecular weight excluding hydrogens is 466 g/mol. The third-order valence-electron chi connectivity index (χ3n) is 5.40. The maximum absolute atomic E-state index is 13.3. The van der Waals surface area contributed by atoms with Crippen molar-refractivity contribution in [3.8, 4) is 0 Å². The summed E-state index contributed by atoms with van der Waals surface area (Å²) < 4.78 is 13.9. The summed E-state index contributed by atoms with van der Waals surface area (Å²) in [6, 6.07) is 9.20. The zero-order valence-corrected chi connectivity index (χ0v) is 20.2. The van der Waals surface area contributed by atoms with Crippen molar-refractivity contribution in [1.29, 1.82) is 0 Å². The summed E-state index contributed by atoms with van der Waals surface area (Å²) in [4.78, 5) is 57.2. The van der Waals surface area contributed by atoms with Crippen molar-refractivity contribution in [2.75, 3.05) is 33.4 Å². The van der Waals surface area contributed by atoms with Crippen molar-refractivity contribution in [3.63, 3.8) is 0 Å². The molecule has 1 aromatic carbocycles. The highest BCUT2D eigenvalue weighted by Gasteiger charge is 2.21. The number of hydrogen-bond donors (Lipinski definition) is 0. The zero-order chi connectivity index (χ0) is 26.1. The molecule has 1 amide bonds. The maximum atomic E-state index is 13.3. The van der Waals surface area contributed by atoms with E-state index >= 15 is 0 Å². The van der Waals surface area contributed by atoms with Gasteiger partial charge in [0.25, 0.3) is 11.5 Å². The maximum Gasteiger partial charge on any atom is 0.333 e. The first kappa shape index (κ1) is 26.4. The molecular formula is C25H29N5O6. The Hall–Kier alpha value is -4.25. The second kappa shape index (κ2) is 12.5. The van der Waals surface area contributed by atoms with Gasteiger partial charge < -0.3 is 18.9 Å². The van der Waals surface area contributed by atoms with Gasteiger partial charge in [-0.05, 0) is 5.56 Å². The minimum atomic E-state index is -0.895. The molecule has 36 heavy (non-hydrogen) atoms. The Morgan fingerprint density at radius 3 is 2.42 bits per heavy atom. The van der Waals surface area contributed by atoms with Crippen molar-refractivity contribution in [2.24, 2.45) is 0 Å². The summed E-state index contributed by atoms with van der Waals surface area (Å²) in [5.74, 6) is -1.35. The van der Waals surface area contributed by atoms with Crippen LogP contribution in [0.25, 0.3) is 11.2 Å². The molecule has 0 atom stereocenters. The molecule has 0 spiro atoms. The number of carbonyl (C=O) groups excluding carboxylic acids is 2. The number of hydrogen-bond acceptors (Lipinski definition) is 7. The number of rotatable bonds is 13. The first-order chi connectivity index (χ1) is 17.4. The van der Waals surface area contributed by atoms with Crippen LogP contribution < -0.4 is 11.2 Å². The summed E-state index contributed by atoms with van der Waals surface area (Å²) in [6.07, 6.45) is 4.54. The number of imidazole rings is 1. The van der Waals surface area contributed by atoms with Crippen LogP contribution in [0.15, 0.2) is 71.6 Å². The van der Waals surface area contributed by atoms with Gasteiger partial charge in [0.2, 0.25) is 0 Å². The number of ether oxygens (including phenoxy) is 2. The van der Waals surface area contributed by atoms with Gasteiger partial charge in [-0.3, -0.25) is 19.0 Å². The number of nitrogens with zero attached hydrogens (tertiary/aromatic N) is 5. The number of carbonyl (C=O) groups is 2. The average Bonchev–Trinajstić information content (AvgIpc) is 3.30. The summed E-state index contributed by atoms with van der Waals surface area (Å²) in [6.45, 7) is 7.29. The van der Waals surface area contributed by atoms with Crippen LogP contribution in [0.3, 0.4) is 0 Å². The average molecular weight is 496 g/mol. The molecule has 11 nitrogen and oxygen atoms in total. The van der Waals surface area contributed by atoms with Gasteiger partial charge in [-0.2, -0.15) is 0 Å². The summed E-state index contributed by atoms with van der Waals surface area (Å²) in [5.41, 5.74) is -0.216. The van der Waals surface area contributed by atoms with Crippen LogP contribution >= 0.6 is 0 Å². The third-order valence-corrected chi connectivity index (χ3v) is 5.40. The molecule has 3 rings (SSSR count). The number of aromatic nitrogens is 4. The first-order valence-electron chi connectivity index (χ1n) is 11.3. The van der Waals surface area contributed by atoms with Crippen LogP contribution in [-0.4, -0.2) is 68.9 Å². The lowest BCUT2D eigenvalue weighted by atomic mass is 10.2. The second-order valence-corrected chi connectivity index (χ2v) is 7.89. The Labute approximate surface area is 207 Å². The molecule has 11 heteroatoms. The van der Waals surface area contributed by atoms with E-state index in [2.05, 4.69) is 18.1 Å². The Balaban J connectivity index is 1.93. The van der Waals surface area contributed by atoms with Gasteiger partial charge in [0.15, 0.2) is 17.8 Å². The predicted octanol–water partition coefficient (Wildman–Crippen LogP) is 0.798. The normalized spacial score (nSPS) is 10.8. The fourth-order valence-corrected chi connectivity index (χ4v) is 3.64. The smallest absolute Gasteiger partial charge is 0.333 e. The van der Waals surface area contributed by atoms with E-state index in [0.29, 0.717) is 13.2 Å². The molecule has 3 aromatic rings. The molecule has 0 N–H and O–H groups in total. The molecule has 0 fully saturated rings. The number of amides is 1.